The highest BCUT2D eigenvalue weighted by Gasteiger charge is 2.40. The standard InChI is InChI=1S/C15H28O2.C8H16O2/c1-15(2,11-3-7-13(16)8-4-11)12-5-9-14(17)10-6-12;9-6-8(7-10)4-2-1-3-5-8/h11-14,16-17H,3-10H2,1-2H3;9-10H,1-7H2. The fraction of sp³-hybridized carbons (Fsp3) is 1.00. The van der Waals surface area contributed by atoms with Crippen LogP contribution in [0.4, 0.5) is 0 Å². The fourth-order valence-corrected chi connectivity index (χ4v) is 5.64. The predicted molar refractivity (Wildman–Crippen MR) is 109 cm³/mol. The van der Waals surface area contributed by atoms with Crippen LogP contribution in [0.5, 0.6) is 0 Å². The second kappa shape index (κ2) is 10.6. The molecule has 3 fully saturated rings. The summed E-state index contributed by atoms with van der Waals surface area (Å²) in [5, 5.41) is 37.2. The summed E-state index contributed by atoms with van der Waals surface area (Å²) >= 11 is 0. The molecule has 3 aliphatic rings. The lowest BCUT2D eigenvalue weighted by atomic mass is 9.60. The van der Waals surface area contributed by atoms with Crippen molar-refractivity contribution in [3.05, 3.63) is 0 Å². The molecule has 27 heavy (non-hydrogen) atoms. The van der Waals surface area contributed by atoms with Crippen molar-refractivity contribution in [3.63, 3.8) is 0 Å². The van der Waals surface area contributed by atoms with Crippen LogP contribution in [0.25, 0.3) is 0 Å². The molecule has 0 atom stereocenters. The Hall–Kier alpha value is -0.160. The van der Waals surface area contributed by atoms with E-state index in [0.717, 1.165) is 50.4 Å². The Bertz CT molecular complexity index is 371. The van der Waals surface area contributed by atoms with Gasteiger partial charge in [-0.15, -0.1) is 0 Å². The second-order valence-electron chi connectivity index (χ2n) is 10.2. The summed E-state index contributed by atoms with van der Waals surface area (Å²) in [5.41, 5.74) is 0.262. The van der Waals surface area contributed by atoms with Gasteiger partial charge in [-0.05, 0) is 81.5 Å². The highest BCUT2D eigenvalue weighted by molar-refractivity contribution is 4.90. The lowest BCUT2D eigenvalue weighted by Gasteiger charge is -2.46. The Kier molecular flexibility index (Phi) is 9.05. The molecule has 0 bridgehead atoms. The summed E-state index contributed by atoms with van der Waals surface area (Å²) in [6.45, 7) is 5.14. The van der Waals surface area contributed by atoms with E-state index in [1.165, 1.54) is 44.9 Å². The fourth-order valence-electron chi connectivity index (χ4n) is 5.64. The van der Waals surface area contributed by atoms with E-state index in [2.05, 4.69) is 13.8 Å². The van der Waals surface area contributed by atoms with E-state index >= 15 is 0 Å². The zero-order chi connectivity index (χ0) is 19.9. The summed E-state index contributed by atoms with van der Waals surface area (Å²) in [6.07, 6.45) is 14.2. The van der Waals surface area contributed by atoms with Crippen molar-refractivity contribution in [1.82, 2.24) is 0 Å². The maximum Gasteiger partial charge on any atom is 0.0540 e. The summed E-state index contributed by atoms with van der Waals surface area (Å²) in [5.74, 6) is 1.54. The largest absolute Gasteiger partial charge is 0.396 e. The molecular weight excluding hydrogens is 340 g/mol. The molecule has 3 saturated carbocycles. The van der Waals surface area contributed by atoms with Crippen molar-refractivity contribution < 1.29 is 20.4 Å². The van der Waals surface area contributed by atoms with Crippen LogP contribution in [-0.2, 0) is 0 Å². The first-order valence-electron chi connectivity index (χ1n) is 11.4. The molecule has 3 rings (SSSR count). The highest BCUT2D eigenvalue weighted by atomic mass is 16.3. The maximum absolute atomic E-state index is 9.60. The topological polar surface area (TPSA) is 80.9 Å². The van der Waals surface area contributed by atoms with Gasteiger partial charge in [0.15, 0.2) is 0 Å². The first-order chi connectivity index (χ1) is 12.8. The van der Waals surface area contributed by atoms with Gasteiger partial charge in [0, 0.05) is 5.41 Å². The number of rotatable bonds is 4. The molecule has 4 N–H and O–H groups in total. The summed E-state index contributed by atoms with van der Waals surface area (Å²) in [4.78, 5) is 0. The van der Waals surface area contributed by atoms with Gasteiger partial charge in [-0.25, -0.2) is 0 Å². The highest BCUT2D eigenvalue weighted by Crippen LogP contribution is 2.48. The van der Waals surface area contributed by atoms with Gasteiger partial charge in [0.2, 0.25) is 0 Å². The van der Waals surface area contributed by atoms with Crippen molar-refractivity contribution in [2.45, 2.75) is 110 Å². The molecule has 0 amide bonds. The average Bonchev–Trinajstić information content (AvgIpc) is 2.70. The van der Waals surface area contributed by atoms with Gasteiger partial charge < -0.3 is 20.4 Å². The van der Waals surface area contributed by atoms with Gasteiger partial charge in [0.1, 0.15) is 0 Å². The number of aliphatic hydroxyl groups is 4. The minimum atomic E-state index is -0.127. The zero-order valence-electron chi connectivity index (χ0n) is 17.7. The van der Waals surface area contributed by atoms with Gasteiger partial charge in [-0.3, -0.25) is 0 Å². The van der Waals surface area contributed by atoms with Crippen LogP contribution in [-0.4, -0.2) is 45.8 Å². The molecule has 0 aromatic heterocycles. The third-order valence-corrected chi connectivity index (χ3v) is 8.08. The van der Waals surface area contributed by atoms with E-state index in [4.69, 9.17) is 10.2 Å². The lowest BCUT2D eigenvalue weighted by Crippen LogP contribution is -2.38. The third kappa shape index (κ3) is 6.42. The minimum absolute atomic E-state index is 0.0461. The average molecular weight is 385 g/mol. The Morgan fingerprint density at radius 3 is 1.33 bits per heavy atom. The molecule has 0 spiro atoms. The summed E-state index contributed by atoms with van der Waals surface area (Å²) < 4.78 is 0. The smallest absolute Gasteiger partial charge is 0.0540 e. The number of aliphatic hydroxyl groups excluding tert-OH is 4. The van der Waals surface area contributed by atoms with Gasteiger partial charge in [-0.2, -0.15) is 0 Å². The first kappa shape index (κ1) is 23.1. The van der Waals surface area contributed by atoms with Crippen molar-refractivity contribution in [2.24, 2.45) is 22.7 Å². The quantitative estimate of drug-likeness (QED) is 0.590. The molecule has 0 saturated heterocycles. The molecule has 4 heteroatoms. The van der Waals surface area contributed by atoms with Crippen molar-refractivity contribution in [3.8, 4) is 0 Å². The predicted octanol–water partition coefficient (Wildman–Crippen LogP) is 4.04. The van der Waals surface area contributed by atoms with Crippen LogP contribution in [0.15, 0.2) is 0 Å². The van der Waals surface area contributed by atoms with Gasteiger partial charge >= 0.3 is 0 Å². The maximum atomic E-state index is 9.60. The molecule has 3 aliphatic carbocycles. The van der Waals surface area contributed by atoms with Crippen molar-refractivity contribution in [2.75, 3.05) is 13.2 Å². The second-order valence-corrected chi connectivity index (χ2v) is 10.2. The molecule has 4 nitrogen and oxygen atoms in total. The molecule has 0 unspecified atom stereocenters. The van der Waals surface area contributed by atoms with E-state index in [0.29, 0.717) is 5.41 Å². The molecule has 160 valence electrons. The lowest BCUT2D eigenvalue weighted by molar-refractivity contribution is 0.00233. The van der Waals surface area contributed by atoms with Gasteiger partial charge in [0.25, 0.3) is 0 Å². The van der Waals surface area contributed by atoms with E-state index < -0.39 is 0 Å². The van der Waals surface area contributed by atoms with Gasteiger partial charge in [-0.1, -0.05) is 33.1 Å². The monoisotopic (exact) mass is 384 g/mol. The number of hydrogen-bond donors (Lipinski definition) is 4. The molecule has 0 radical (unpaired) electrons. The Labute approximate surface area is 166 Å². The van der Waals surface area contributed by atoms with Crippen molar-refractivity contribution >= 4 is 0 Å². The molecule has 0 heterocycles. The summed E-state index contributed by atoms with van der Waals surface area (Å²) in [7, 11) is 0. The van der Waals surface area contributed by atoms with E-state index in [1.54, 1.807) is 0 Å². The van der Waals surface area contributed by atoms with Crippen LogP contribution in [0.2, 0.25) is 0 Å². The Morgan fingerprint density at radius 1 is 0.667 bits per heavy atom. The van der Waals surface area contributed by atoms with Crippen LogP contribution in [0.1, 0.15) is 97.3 Å². The van der Waals surface area contributed by atoms with Crippen LogP contribution < -0.4 is 0 Å². The SMILES string of the molecule is CC(C)(C1CCC(O)CC1)C1CCC(O)CC1.OCC1(CO)CCCCC1. The Balaban J connectivity index is 0.000000223. The van der Waals surface area contributed by atoms with Crippen molar-refractivity contribution in [1.29, 1.82) is 0 Å². The first-order valence-corrected chi connectivity index (χ1v) is 11.4. The van der Waals surface area contributed by atoms with E-state index in [1.807, 2.05) is 0 Å². The minimum Gasteiger partial charge on any atom is -0.396 e. The van der Waals surface area contributed by atoms with Gasteiger partial charge in [0.05, 0.1) is 25.4 Å². The zero-order valence-corrected chi connectivity index (χ0v) is 17.7. The van der Waals surface area contributed by atoms with E-state index in [9.17, 15) is 10.2 Å². The third-order valence-electron chi connectivity index (χ3n) is 8.08. The molecule has 0 aromatic rings. The molecular formula is C23H44O4. The Morgan fingerprint density at radius 2 is 1.04 bits per heavy atom. The normalized spacial score (nSPS) is 34.4. The number of hydrogen-bond acceptors (Lipinski definition) is 4. The van der Waals surface area contributed by atoms with E-state index in [-0.39, 0.29) is 30.8 Å². The van der Waals surface area contributed by atoms with Crippen LogP contribution >= 0.6 is 0 Å². The van der Waals surface area contributed by atoms with Crippen LogP contribution in [0, 0.1) is 22.7 Å². The summed E-state index contributed by atoms with van der Waals surface area (Å²) in [6, 6.07) is 0. The molecule has 0 aromatic carbocycles. The molecule has 0 aliphatic heterocycles. The van der Waals surface area contributed by atoms with Crippen LogP contribution in [0.3, 0.4) is 0 Å².